The third-order valence-electron chi connectivity index (χ3n) is 4.71. The van der Waals surface area contributed by atoms with Gasteiger partial charge in [-0.2, -0.15) is 0 Å². The van der Waals surface area contributed by atoms with E-state index in [0.717, 1.165) is 11.1 Å². The number of carbonyl (C=O) groups excluding carboxylic acids is 2. The highest BCUT2D eigenvalue weighted by Gasteiger charge is 2.23. The molecule has 3 aromatic rings. The van der Waals surface area contributed by atoms with Crippen LogP contribution in [0.15, 0.2) is 72.5 Å². The summed E-state index contributed by atoms with van der Waals surface area (Å²) >= 11 is 11.8. The number of nitrogens with one attached hydrogen (secondary N) is 2. The number of anilines is 1. The number of hydrogen-bond acceptors (Lipinski definition) is 3. The number of rotatable bonds is 5. The fourth-order valence-electron chi connectivity index (χ4n) is 3.09. The molecule has 4 rings (SSSR count). The van der Waals surface area contributed by atoms with Crippen molar-refractivity contribution in [1.29, 1.82) is 0 Å². The Morgan fingerprint density at radius 3 is 2.35 bits per heavy atom. The molecular formula is C24H18Cl2N2O3. The van der Waals surface area contributed by atoms with E-state index in [-0.39, 0.29) is 17.6 Å². The van der Waals surface area contributed by atoms with Gasteiger partial charge < -0.3 is 15.4 Å². The molecule has 2 amide bonds. The van der Waals surface area contributed by atoms with E-state index in [0.29, 0.717) is 40.0 Å². The summed E-state index contributed by atoms with van der Waals surface area (Å²) in [6, 6.07) is 19.5. The van der Waals surface area contributed by atoms with Crippen molar-refractivity contribution >= 4 is 46.8 Å². The highest BCUT2D eigenvalue weighted by molar-refractivity contribution is 6.30. The average Bonchev–Trinajstić information content (AvgIpc) is 2.77. The minimum absolute atomic E-state index is 0.162. The normalized spacial score (nSPS) is 13.9. The summed E-state index contributed by atoms with van der Waals surface area (Å²) in [7, 11) is 0. The maximum absolute atomic E-state index is 12.5. The van der Waals surface area contributed by atoms with Crippen LogP contribution < -0.4 is 15.4 Å². The van der Waals surface area contributed by atoms with Gasteiger partial charge in [0.05, 0.1) is 5.69 Å². The Bertz CT molecular complexity index is 1160. The number of halogens is 2. The van der Waals surface area contributed by atoms with Crippen LogP contribution in [0.5, 0.6) is 5.75 Å². The SMILES string of the molecule is O=C1Nc2cc(C(=O)NCCc3ccc(Cl)cc3)ccc2OC1=Cc1ccc(Cl)cc1. The summed E-state index contributed by atoms with van der Waals surface area (Å²) in [4.78, 5) is 24.9. The van der Waals surface area contributed by atoms with E-state index in [1.165, 1.54) is 0 Å². The lowest BCUT2D eigenvalue weighted by atomic mass is 10.1. The summed E-state index contributed by atoms with van der Waals surface area (Å²) in [5, 5.41) is 6.94. The second-order valence-electron chi connectivity index (χ2n) is 6.96. The van der Waals surface area contributed by atoms with Crippen molar-refractivity contribution in [3.63, 3.8) is 0 Å². The Kier molecular flexibility index (Phi) is 6.26. The Morgan fingerprint density at radius 2 is 1.65 bits per heavy atom. The number of hydrogen-bond donors (Lipinski definition) is 2. The van der Waals surface area contributed by atoms with Crippen LogP contribution in [-0.2, 0) is 11.2 Å². The Labute approximate surface area is 189 Å². The van der Waals surface area contributed by atoms with Crippen LogP contribution in [0.4, 0.5) is 5.69 Å². The lowest BCUT2D eigenvalue weighted by Gasteiger charge is -2.20. The van der Waals surface area contributed by atoms with Crippen LogP contribution in [0.1, 0.15) is 21.5 Å². The first-order chi connectivity index (χ1) is 15.0. The monoisotopic (exact) mass is 452 g/mol. The van der Waals surface area contributed by atoms with Crippen LogP contribution in [-0.4, -0.2) is 18.4 Å². The second-order valence-corrected chi connectivity index (χ2v) is 7.83. The van der Waals surface area contributed by atoms with Crippen molar-refractivity contribution in [3.8, 4) is 5.75 Å². The fraction of sp³-hybridized carbons (Fsp3) is 0.0833. The van der Waals surface area contributed by atoms with E-state index in [1.807, 2.05) is 24.3 Å². The molecule has 5 nitrogen and oxygen atoms in total. The molecule has 0 aliphatic carbocycles. The zero-order valence-corrected chi connectivity index (χ0v) is 17.8. The van der Waals surface area contributed by atoms with Gasteiger partial charge in [-0.3, -0.25) is 9.59 Å². The molecule has 7 heteroatoms. The van der Waals surface area contributed by atoms with E-state index in [4.69, 9.17) is 27.9 Å². The van der Waals surface area contributed by atoms with Crippen molar-refractivity contribution in [3.05, 3.63) is 99.2 Å². The highest BCUT2D eigenvalue weighted by Crippen LogP contribution is 2.32. The number of benzene rings is 3. The minimum atomic E-state index is -0.386. The predicted octanol–water partition coefficient (Wildman–Crippen LogP) is 5.34. The molecule has 0 saturated heterocycles. The fourth-order valence-corrected chi connectivity index (χ4v) is 3.34. The van der Waals surface area contributed by atoms with E-state index >= 15 is 0 Å². The van der Waals surface area contributed by atoms with Crippen molar-refractivity contribution < 1.29 is 14.3 Å². The van der Waals surface area contributed by atoms with Gasteiger partial charge in [0, 0.05) is 22.2 Å². The Morgan fingerprint density at radius 1 is 0.968 bits per heavy atom. The summed E-state index contributed by atoms with van der Waals surface area (Å²) < 4.78 is 5.74. The van der Waals surface area contributed by atoms with Crippen LogP contribution in [0.3, 0.4) is 0 Å². The quantitative estimate of drug-likeness (QED) is 0.513. The van der Waals surface area contributed by atoms with Crippen molar-refractivity contribution in [2.75, 3.05) is 11.9 Å². The predicted molar refractivity (Wildman–Crippen MR) is 123 cm³/mol. The van der Waals surface area contributed by atoms with Gasteiger partial charge in [-0.1, -0.05) is 47.5 Å². The molecule has 0 atom stereocenters. The Hall–Kier alpha value is -3.28. The molecule has 2 N–H and O–H groups in total. The molecule has 0 aromatic heterocycles. The minimum Gasteiger partial charge on any atom is -0.449 e. The van der Waals surface area contributed by atoms with E-state index in [2.05, 4.69) is 10.6 Å². The summed E-state index contributed by atoms with van der Waals surface area (Å²) in [6.45, 7) is 0.481. The van der Waals surface area contributed by atoms with Gasteiger partial charge >= 0.3 is 0 Å². The third-order valence-corrected chi connectivity index (χ3v) is 5.22. The standard InChI is InChI=1S/C24H18Cl2N2O3/c25-18-6-1-15(2-7-18)11-12-27-23(29)17-5-10-21-20(14-17)28-24(30)22(31-21)13-16-3-8-19(26)9-4-16/h1-10,13-14H,11-12H2,(H,27,29)(H,28,30). The maximum Gasteiger partial charge on any atom is 0.291 e. The van der Waals surface area contributed by atoms with Crippen molar-refractivity contribution in [2.24, 2.45) is 0 Å². The zero-order valence-electron chi connectivity index (χ0n) is 16.3. The van der Waals surface area contributed by atoms with Gasteiger partial charge in [0.25, 0.3) is 11.8 Å². The highest BCUT2D eigenvalue weighted by atomic mass is 35.5. The van der Waals surface area contributed by atoms with Gasteiger partial charge in [0.1, 0.15) is 0 Å². The van der Waals surface area contributed by atoms with E-state index < -0.39 is 0 Å². The first-order valence-electron chi connectivity index (χ1n) is 9.61. The lowest BCUT2D eigenvalue weighted by Crippen LogP contribution is -2.27. The molecule has 1 heterocycles. The van der Waals surface area contributed by atoms with Crippen LogP contribution in [0, 0.1) is 0 Å². The third kappa shape index (κ3) is 5.26. The molecule has 0 saturated carbocycles. The number of amides is 2. The second kappa shape index (κ2) is 9.25. The first kappa shape index (κ1) is 21.0. The smallest absolute Gasteiger partial charge is 0.291 e. The molecule has 0 unspecified atom stereocenters. The van der Waals surface area contributed by atoms with Crippen molar-refractivity contribution in [2.45, 2.75) is 6.42 Å². The number of ether oxygens (including phenoxy) is 1. The molecule has 1 aliphatic heterocycles. The maximum atomic E-state index is 12.5. The molecule has 0 spiro atoms. The largest absolute Gasteiger partial charge is 0.449 e. The zero-order chi connectivity index (χ0) is 21.8. The van der Waals surface area contributed by atoms with Crippen LogP contribution >= 0.6 is 23.2 Å². The van der Waals surface area contributed by atoms with Gasteiger partial charge in [0.2, 0.25) is 0 Å². The summed E-state index contributed by atoms with van der Waals surface area (Å²) in [5.74, 6) is 0.0174. The summed E-state index contributed by atoms with van der Waals surface area (Å²) in [5.41, 5.74) is 2.75. The van der Waals surface area contributed by atoms with Gasteiger partial charge in [-0.15, -0.1) is 0 Å². The number of carbonyl (C=O) groups is 2. The van der Waals surface area contributed by atoms with Crippen LogP contribution in [0.25, 0.3) is 6.08 Å². The average molecular weight is 453 g/mol. The topological polar surface area (TPSA) is 67.4 Å². The molecule has 3 aromatic carbocycles. The van der Waals surface area contributed by atoms with Gasteiger partial charge in [-0.25, -0.2) is 0 Å². The van der Waals surface area contributed by atoms with E-state index in [1.54, 1.807) is 48.5 Å². The molecule has 156 valence electrons. The molecule has 31 heavy (non-hydrogen) atoms. The molecule has 0 radical (unpaired) electrons. The molecular weight excluding hydrogens is 435 g/mol. The summed E-state index contributed by atoms with van der Waals surface area (Å²) in [6.07, 6.45) is 2.32. The lowest BCUT2D eigenvalue weighted by molar-refractivity contribution is -0.115. The Balaban J connectivity index is 1.41. The molecule has 0 bridgehead atoms. The van der Waals surface area contributed by atoms with E-state index in [9.17, 15) is 9.59 Å². The first-order valence-corrected chi connectivity index (χ1v) is 10.4. The van der Waals surface area contributed by atoms with Crippen molar-refractivity contribution in [1.82, 2.24) is 5.32 Å². The molecule has 0 fully saturated rings. The molecule has 1 aliphatic rings. The van der Waals surface area contributed by atoms with Gasteiger partial charge in [0.15, 0.2) is 11.5 Å². The van der Waals surface area contributed by atoms with Crippen LogP contribution in [0.2, 0.25) is 10.0 Å². The number of fused-ring (bicyclic) bond motifs is 1. The van der Waals surface area contributed by atoms with Gasteiger partial charge in [-0.05, 0) is 66.1 Å².